The number of aromatic amines is 1. The minimum atomic E-state index is -0.469. The lowest BCUT2D eigenvalue weighted by molar-refractivity contribution is -0.384. The Kier molecular flexibility index (Phi) is 4.11. The number of rotatable bonds is 5. The molecular formula is C16H14N4O4. The van der Waals surface area contributed by atoms with Gasteiger partial charge in [0.2, 0.25) is 0 Å². The van der Waals surface area contributed by atoms with E-state index in [2.05, 4.69) is 15.2 Å². The highest BCUT2D eigenvalue weighted by Crippen LogP contribution is 2.32. The third-order valence-electron chi connectivity index (χ3n) is 3.48. The molecule has 0 saturated carbocycles. The number of H-pyrrole nitrogens is 1. The highest BCUT2D eigenvalue weighted by molar-refractivity contribution is 5.69. The topological polar surface area (TPSA) is 103 Å². The zero-order valence-electron chi connectivity index (χ0n) is 13.0. The largest absolute Gasteiger partial charge is 0.497 e. The number of methoxy groups -OCH3 is 2. The number of aromatic nitrogens is 3. The molecule has 8 heteroatoms. The van der Waals surface area contributed by atoms with E-state index in [9.17, 15) is 10.1 Å². The Balaban J connectivity index is 2.00. The van der Waals surface area contributed by atoms with Gasteiger partial charge in [0, 0.05) is 17.7 Å². The molecule has 0 aliphatic carbocycles. The van der Waals surface area contributed by atoms with Crippen molar-refractivity contribution < 1.29 is 14.4 Å². The summed E-state index contributed by atoms with van der Waals surface area (Å²) in [6, 6.07) is 11.6. The Labute approximate surface area is 137 Å². The second-order valence-electron chi connectivity index (χ2n) is 4.88. The van der Waals surface area contributed by atoms with Gasteiger partial charge in [-0.2, -0.15) is 5.10 Å². The summed E-state index contributed by atoms with van der Waals surface area (Å²) in [5, 5.41) is 17.9. The van der Waals surface area contributed by atoms with Crippen LogP contribution in [0.1, 0.15) is 0 Å². The van der Waals surface area contributed by atoms with Crippen LogP contribution in [0.15, 0.2) is 42.5 Å². The second-order valence-corrected chi connectivity index (χ2v) is 4.88. The lowest BCUT2D eigenvalue weighted by Gasteiger charge is -2.05. The predicted octanol–water partition coefficient (Wildman–Crippen LogP) is 3.06. The van der Waals surface area contributed by atoms with Gasteiger partial charge >= 0.3 is 0 Å². The molecule has 0 aliphatic heterocycles. The molecule has 8 nitrogen and oxygen atoms in total. The van der Waals surface area contributed by atoms with Crippen LogP contribution in [0.5, 0.6) is 11.5 Å². The fourth-order valence-electron chi connectivity index (χ4n) is 2.25. The average Bonchev–Trinajstić information content (AvgIpc) is 3.11. The smallest absolute Gasteiger partial charge is 0.270 e. The van der Waals surface area contributed by atoms with Crippen LogP contribution >= 0.6 is 0 Å². The van der Waals surface area contributed by atoms with Gasteiger partial charge in [-0.1, -0.05) is 0 Å². The van der Waals surface area contributed by atoms with E-state index in [4.69, 9.17) is 9.47 Å². The number of benzene rings is 2. The highest BCUT2D eigenvalue weighted by atomic mass is 16.6. The summed E-state index contributed by atoms with van der Waals surface area (Å²) in [4.78, 5) is 14.9. The maximum atomic E-state index is 11.0. The molecule has 0 spiro atoms. The molecule has 0 aliphatic rings. The molecule has 0 unspecified atom stereocenters. The highest BCUT2D eigenvalue weighted by Gasteiger charge is 2.16. The minimum absolute atomic E-state index is 0.0480. The van der Waals surface area contributed by atoms with Crippen LogP contribution in [0.25, 0.3) is 22.8 Å². The van der Waals surface area contributed by atoms with Gasteiger partial charge in [0.15, 0.2) is 11.6 Å². The number of ether oxygens (including phenoxy) is 2. The molecule has 0 radical (unpaired) electrons. The lowest BCUT2D eigenvalue weighted by Crippen LogP contribution is -1.93. The molecule has 1 heterocycles. The maximum absolute atomic E-state index is 11.0. The molecule has 0 fully saturated rings. The van der Waals surface area contributed by atoms with Crippen molar-refractivity contribution in [3.8, 4) is 34.3 Å². The molecular weight excluding hydrogens is 312 g/mol. The molecule has 3 aromatic rings. The van der Waals surface area contributed by atoms with Crippen molar-refractivity contribution in [3.63, 3.8) is 0 Å². The first-order valence-corrected chi connectivity index (χ1v) is 7.02. The van der Waals surface area contributed by atoms with E-state index in [1.54, 1.807) is 19.2 Å². The number of hydrogen-bond acceptors (Lipinski definition) is 6. The summed E-state index contributed by atoms with van der Waals surface area (Å²) >= 11 is 0. The Morgan fingerprint density at radius 3 is 2.46 bits per heavy atom. The van der Waals surface area contributed by atoms with Crippen LogP contribution in [0.4, 0.5) is 5.69 Å². The van der Waals surface area contributed by atoms with Crippen molar-refractivity contribution in [2.45, 2.75) is 0 Å². The second kappa shape index (κ2) is 6.37. The molecule has 1 aromatic heterocycles. The van der Waals surface area contributed by atoms with Gasteiger partial charge in [-0.05, 0) is 30.3 Å². The van der Waals surface area contributed by atoms with Crippen molar-refractivity contribution in [1.82, 2.24) is 15.2 Å². The summed E-state index contributed by atoms with van der Waals surface area (Å²) in [5.41, 5.74) is 1.22. The Hall–Kier alpha value is -3.42. The van der Waals surface area contributed by atoms with Gasteiger partial charge < -0.3 is 9.47 Å². The number of non-ortho nitro benzene ring substituents is 1. The summed E-state index contributed by atoms with van der Waals surface area (Å²) in [6.07, 6.45) is 0. The van der Waals surface area contributed by atoms with Crippen molar-refractivity contribution in [3.05, 3.63) is 52.6 Å². The number of nitrogens with one attached hydrogen (secondary N) is 1. The molecule has 0 amide bonds. The Bertz CT molecular complexity index is 874. The van der Waals surface area contributed by atoms with Crippen molar-refractivity contribution >= 4 is 5.69 Å². The third kappa shape index (κ3) is 2.89. The van der Waals surface area contributed by atoms with Gasteiger partial charge in [0.25, 0.3) is 5.69 Å². The normalized spacial score (nSPS) is 10.4. The van der Waals surface area contributed by atoms with E-state index in [0.29, 0.717) is 23.0 Å². The van der Waals surface area contributed by atoms with Gasteiger partial charge in [-0.15, -0.1) is 0 Å². The zero-order chi connectivity index (χ0) is 17.1. The predicted molar refractivity (Wildman–Crippen MR) is 87.0 cm³/mol. The van der Waals surface area contributed by atoms with Gasteiger partial charge in [-0.3, -0.25) is 15.2 Å². The number of hydrogen-bond donors (Lipinski definition) is 1. The van der Waals surface area contributed by atoms with Gasteiger partial charge in [-0.25, -0.2) is 4.98 Å². The molecule has 122 valence electrons. The first kappa shape index (κ1) is 15.5. The molecule has 3 rings (SSSR count). The summed E-state index contributed by atoms with van der Waals surface area (Å²) in [7, 11) is 3.08. The van der Waals surface area contributed by atoms with Crippen LogP contribution in [0.2, 0.25) is 0 Å². The first-order valence-electron chi connectivity index (χ1n) is 7.02. The molecule has 0 bridgehead atoms. The van der Waals surface area contributed by atoms with Gasteiger partial charge in [0.05, 0.1) is 24.7 Å². The Morgan fingerprint density at radius 2 is 1.83 bits per heavy atom. The maximum Gasteiger partial charge on any atom is 0.270 e. The quantitative estimate of drug-likeness (QED) is 0.571. The number of nitrogens with zero attached hydrogens (tertiary/aromatic N) is 3. The minimum Gasteiger partial charge on any atom is -0.497 e. The average molecular weight is 326 g/mol. The van der Waals surface area contributed by atoms with Crippen LogP contribution in [-0.2, 0) is 0 Å². The zero-order valence-corrected chi connectivity index (χ0v) is 13.0. The van der Waals surface area contributed by atoms with E-state index >= 15 is 0 Å². The van der Waals surface area contributed by atoms with E-state index in [0.717, 1.165) is 11.3 Å². The van der Waals surface area contributed by atoms with E-state index in [1.807, 2.05) is 12.1 Å². The van der Waals surface area contributed by atoms with Crippen LogP contribution < -0.4 is 9.47 Å². The van der Waals surface area contributed by atoms with E-state index < -0.39 is 4.92 Å². The lowest BCUT2D eigenvalue weighted by atomic mass is 10.1. The van der Waals surface area contributed by atoms with E-state index in [1.165, 1.54) is 25.3 Å². The van der Waals surface area contributed by atoms with Crippen LogP contribution in [0, 0.1) is 10.1 Å². The molecule has 24 heavy (non-hydrogen) atoms. The van der Waals surface area contributed by atoms with Crippen LogP contribution in [-0.4, -0.2) is 34.3 Å². The first-order chi connectivity index (χ1) is 11.6. The van der Waals surface area contributed by atoms with Crippen LogP contribution in [0.3, 0.4) is 0 Å². The van der Waals surface area contributed by atoms with E-state index in [-0.39, 0.29) is 5.69 Å². The van der Waals surface area contributed by atoms with Crippen molar-refractivity contribution in [2.75, 3.05) is 14.2 Å². The van der Waals surface area contributed by atoms with Crippen molar-refractivity contribution in [1.29, 1.82) is 0 Å². The molecule has 2 aromatic carbocycles. The molecule has 1 N–H and O–H groups in total. The summed E-state index contributed by atoms with van der Waals surface area (Å²) in [5.74, 6) is 2.07. The number of nitro groups is 1. The molecule has 0 saturated heterocycles. The standard InChI is InChI=1S/C16H14N4O4/c1-23-12-6-3-10(4-7-12)15-17-16(19-18-15)13-9-11(20(21)22)5-8-14(13)24-2/h3-9H,1-2H3,(H,17,18,19). The monoisotopic (exact) mass is 326 g/mol. The Morgan fingerprint density at radius 1 is 1.08 bits per heavy atom. The molecule has 0 atom stereocenters. The third-order valence-corrected chi connectivity index (χ3v) is 3.48. The van der Waals surface area contributed by atoms with Gasteiger partial charge in [0.1, 0.15) is 11.5 Å². The summed E-state index contributed by atoms with van der Waals surface area (Å²) < 4.78 is 10.4. The number of nitro benzene ring substituents is 1. The summed E-state index contributed by atoms with van der Waals surface area (Å²) in [6.45, 7) is 0. The fraction of sp³-hybridized carbons (Fsp3) is 0.125. The SMILES string of the molecule is COc1ccc(-c2n[nH]c(-c3cc([N+](=O)[O-])ccc3OC)n2)cc1. The fourth-order valence-corrected chi connectivity index (χ4v) is 2.25. The van der Waals surface area contributed by atoms with Crippen molar-refractivity contribution in [2.24, 2.45) is 0 Å².